The van der Waals surface area contributed by atoms with Gasteiger partial charge >= 0.3 is 0 Å². The number of hydrogen-bond acceptors (Lipinski definition) is 6. The predicted octanol–water partition coefficient (Wildman–Crippen LogP) is 6.53. The van der Waals surface area contributed by atoms with Gasteiger partial charge in [0.1, 0.15) is 30.8 Å². The Hall–Kier alpha value is -4.18. The van der Waals surface area contributed by atoms with Crippen molar-refractivity contribution < 1.29 is 14.6 Å². The topological polar surface area (TPSA) is 78.6 Å². The molecule has 0 saturated carbocycles. The summed E-state index contributed by atoms with van der Waals surface area (Å²) in [4.78, 5) is 6.59. The van der Waals surface area contributed by atoms with Crippen molar-refractivity contribution in [1.82, 2.24) is 9.88 Å². The standard InChI is InChI=1S/C36H37N3O3/c1-25-29(10-5-12-31(25)28-8-3-2-4-9-28)24-42-35-17-36(41-23-27-16-26(18-37)19-38-20-27)34(32-13-6-14-33(32)35)21-39-15-7-11-30(39)22-40/h2-5,8-10,12,16-17,19-20,30,40H,6-7,11,13-15,21-24H2,1H3. The smallest absolute Gasteiger partial charge is 0.128 e. The monoisotopic (exact) mass is 559 g/mol. The maximum absolute atomic E-state index is 9.99. The maximum Gasteiger partial charge on any atom is 0.128 e. The lowest BCUT2D eigenvalue weighted by Gasteiger charge is -2.26. The zero-order valence-electron chi connectivity index (χ0n) is 24.2. The fraction of sp³-hybridized carbons (Fsp3) is 0.333. The molecule has 3 aromatic carbocycles. The number of benzene rings is 3. The Morgan fingerprint density at radius 1 is 0.952 bits per heavy atom. The van der Waals surface area contributed by atoms with Gasteiger partial charge in [0.25, 0.3) is 0 Å². The van der Waals surface area contributed by atoms with Gasteiger partial charge in [-0.2, -0.15) is 5.26 Å². The molecule has 2 heterocycles. The number of pyridine rings is 1. The van der Waals surface area contributed by atoms with Crippen LogP contribution in [-0.4, -0.2) is 34.2 Å². The second kappa shape index (κ2) is 12.8. The van der Waals surface area contributed by atoms with Gasteiger partial charge in [-0.15, -0.1) is 0 Å². The first-order chi connectivity index (χ1) is 20.6. The molecule has 6 nitrogen and oxygen atoms in total. The van der Waals surface area contributed by atoms with Gasteiger partial charge < -0.3 is 14.6 Å². The molecule has 6 heteroatoms. The lowest BCUT2D eigenvalue weighted by atomic mass is 9.97. The van der Waals surface area contributed by atoms with Crippen LogP contribution in [-0.2, 0) is 32.6 Å². The molecule has 0 bridgehead atoms. The minimum Gasteiger partial charge on any atom is -0.488 e. The van der Waals surface area contributed by atoms with E-state index in [0.717, 1.165) is 67.8 Å². The van der Waals surface area contributed by atoms with Crippen LogP contribution in [0.4, 0.5) is 0 Å². The molecule has 2 aliphatic rings. The van der Waals surface area contributed by atoms with Crippen LogP contribution in [0.15, 0.2) is 73.1 Å². The van der Waals surface area contributed by atoms with Crippen LogP contribution in [0.2, 0.25) is 0 Å². The molecule has 0 radical (unpaired) electrons. The first kappa shape index (κ1) is 28.0. The normalized spacial score (nSPS) is 16.3. The van der Waals surface area contributed by atoms with Crippen LogP contribution in [0, 0.1) is 18.3 Å². The minimum atomic E-state index is 0.174. The summed E-state index contributed by atoms with van der Waals surface area (Å²) in [6.45, 7) is 4.86. The molecular weight excluding hydrogens is 522 g/mol. The fourth-order valence-corrected chi connectivity index (χ4v) is 6.45. The third kappa shape index (κ3) is 5.90. The highest BCUT2D eigenvalue weighted by molar-refractivity contribution is 5.68. The molecule has 0 amide bonds. The van der Waals surface area contributed by atoms with E-state index < -0.39 is 0 Å². The van der Waals surface area contributed by atoms with E-state index in [1.54, 1.807) is 12.4 Å². The molecule has 6 rings (SSSR count). The van der Waals surface area contributed by atoms with E-state index in [-0.39, 0.29) is 12.6 Å². The number of rotatable bonds is 10. The Morgan fingerprint density at radius 2 is 1.79 bits per heavy atom. The second-order valence-electron chi connectivity index (χ2n) is 11.3. The van der Waals surface area contributed by atoms with E-state index in [1.807, 2.05) is 12.1 Å². The van der Waals surface area contributed by atoms with Crippen molar-refractivity contribution >= 4 is 0 Å². The van der Waals surface area contributed by atoms with Gasteiger partial charge in [-0.3, -0.25) is 9.88 Å². The molecule has 0 spiro atoms. The summed E-state index contributed by atoms with van der Waals surface area (Å²) in [5.41, 5.74) is 9.98. The molecule has 1 N–H and O–H groups in total. The van der Waals surface area contributed by atoms with Gasteiger partial charge in [0, 0.05) is 42.2 Å². The van der Waals surface area contributed by atoms with Crippen molar-refractivity contribution in [1.29, 1.82) is 5.26 Å². The highest BCUT2D eigenvalue weighted by Crippen LogP contribution is 2.41. The summed E-state index contributed by atoms with van der Waals surface area (Å²) in [6.07, 6.45) is 8.48. The third-order valence-corrected chi connectivity index (χ3v) is 8.74. The molecule has 1 aliphatic carbocycles. The molecule has 1 atom stereocenters. The van der Waals surface area contributed by atoms with Gasteiger partial charge in [0.2, 0.25) is 0 Å². The van der Waals surface area contributed by atoms with E-state index >= 15 is 0 Å². The number of aliphatic hydroxyl groups is 1. The van der Waals surface area contributed by atoms with Gasteiger partial charge in [0.05, 0.1) is 12.2 Å². The zero-order valence-corrected chi connectivity index (χ0v) is 24.2. The predicted molar refractivity (Wildman–Crippen MR) is 163 cm³/mol. The van der Waals surface area contributed by atoms with E-state index in [2.05, 4.69) is 71.4 Å². The van der Waals surface area contributed by atoms with Crippen molar-refractivity contribution in [2.24, 2.45) is 0 Å². The SMILES string of the molecule is Cc1c(COc2cc(OCc3cncc(C#N)c3)c(CN3CCCC3CO)c3c2CCC3)cccc1-c1ccccc1. The molecular formula is C36H37N3O3. The average molecular weight is 560 g/mol. The van der Waals surface area contributed by atoms with Crippen molar-refractivity contribution in [2.45, 2.75) is 64.8 Å². The Labute approximate surface area is 248 Å². The second-order valence-corrected chi connectivity index (χ2v) is 11.3. The lowest BCUT2D eigenvalue weighted by Crippen LogP contribution is -2.32. The summed E-state index contributed by atoms with van der Waals surface area (Å²) in [5, 5.41) is 19.3. The minimum absolute atomic E-state index is 0.174. The Morgan fingerprint density at radius 3 is 2.62 bits per heavy atom. The Kier molecular flexibility index (Phi) is 8.50. The van der Waals surface area contributed by atoms with Crippen LogP contribution < -0.4 is 9.47 Å². The number of aliphatic hydroxyl groups excluding tert-OH is 1. The summed E-state index contributed by atoms with van der Waals surface area (Å²) >= 11 is 0. The quantitative estimate of drug-likeness (QED) is 0.238. The van der Waals surface area contributed by atoms with E-state index in [0.29, 0.717) is 18.8 Å². The van der Waals surface area contributed by atoms with Crippen LogP contribution >= 0.6 is 0 Å². The van der Waals surface area contributed by atoms with E-state index in [9.17, 15) is 10.4 Å². The largest absolute Gasteiger partial charge is 0.488 e. The third-order valence-electron chi connectivity index (χ3n) is 8.74. The first-order valence-electron chi connectivity index (χ1n) is 14.9. The number of nitrogens with zero attached hydrogens (tertiary/aromatic N) is 3. The van der Waals surface area contributed by atoms with Crippen molar-refractivity contribution in [2.75, 3.05) is 13.2 Å². The molecule has 42 heavy (non-hydrogen) atoms. The molecule has 1 aromatic heterocycles. The summed E-state index contributed by atoms with van der Waals surface area (Å²) < 4.78 is 13.1. The number of nitriles is 1. The maximum atomic E-state index is 9.99. The Balaban J connectivity index is 1.31. The highest BCUT2D eigenvalue weighted by Gasteiger charge is 2.29. The van der Waals surface area contributed by atoms with Gasteiger partial charge in [-0.25, -0.2) is 0 Å². The zero-order chi connectivity index (χ0) is 28.9. The van der Waals surface area contributed by atoms with Crippen molar-refractivity contribution in [3.8, 4) is 28.7 Å². The number of hydrogen-bond donors (Lipinski definition) is 1. The highest BCUT2D eigenvalue weighted by atomic mass is 16.5. The fourth-order valence-electron chi connectivity index (χ4n) is 6.45. The molecule has 4 aromatic rings. The Bertz CT molecular complexity index is 1590. The molecule has 1 unspecified atom stereocenters. The van der Waals surface area contributed by atoms with Crippen LogP contribution in [0.5, 0.6) is 11.5 Å². The molecule has 214 valence electrons. The lowest BCUT2D eigenvalue weighted by molar-refractivity contribution is 0.151. The summed E-state index contributed by atoms with van der Waals surface area (Å²) in [6, 6.07) is 23.1. The van der Waals surface area contributed by atoms with E-state index in [1.165, 1.54) is 33.4 Å². The first-order valence-corrected chi connectivity index (χ1v) is 14.9. The average Bonchev–Trinajstić information content (AvgIpc) is 3.71. The number of fused-ring (bicyclic) bond motifs is 1. The van der Waals surface area contributed by atoms with Crippen LogP contribution in [0.25, 0.3) is 11.1 Å². The number of aromatic nitrogens is 1. The summed E-state index contributed by atoms with van der Waals surface area (Å²) in [5.74, 6) is 1.70. The van der Waals surface area contributed by atoms with Gasteiger partial charge in [0.15, 0.2) is 0 Å². The molecule has 1 saturated heterocycles. The molecule has 1 aliphatic heterocycles. The number of ether oxygens (including phenoxy) is 2. The van der Waals surface area contributed by atoms with Crippen LogP contribution in [0.3, 0.4) is 0 Å². The number of likely N-dealkylation sites (tertiary alicyclic amines) is 1. The van der Waals surface area contributed by atoms with E-state index in [4.69, 9.17) is 9.47 Å². The van der Waals surface area contributed by atoms with Gasteiger partial charge in [-0.05, 0) is 85.0 Å². The van der Waals surface area contributed by atoms with Crippen molar-refractivity contribution in [3.63, 3.8) is 0 Å². The van der Waals surface area contributed by atoms with Crippen LogP contribution in [0.1, 0.15) is 58.2 Å². The van der Waals surface area contributed by atoms with Crippen molar-refractivity contribution in [3.05, 3.63) is 112 Å². The summed E-state index contributed by atoms with van der Waals surface area (Å²) in [7, 11) is 0. The molecule has 1 fully saturated rings. The van der Waals surface area contributed by atoms with Gasteiger partial charge in [-0.1, -0.05) is 48.5 Å².